The molecule has 13 heteroatoms. The molecule has 0 unspecified atom stereocenters. The minimum absolute atomic E-state index is 0.00885. The predicted octanol–water partition coefficient (Wildman–Crippen LogP) is 3.63. The fourth-order valence-electron chi connectivity index (χ4n) is 6.62. The molecule has 1 aromatic carbocycles. The maximum absolute atomic E-state index is 13.9. The van der Waals surface area contributed by atoms with Crippen LogP contribution in [0.1, 0.15) is 85.1 Å². The van der Waals surface area contributed by atoms with Crippen LogP contribution in [0, 0.1) is 30.6 Å². The highest BCUT2D eigenvalue weighted by Gasteiger charge is 2.51. The molecule has 3 aliphatic heterocycles. The SMILES string of the molecule is CO[C@@H]1/C=C/O[C@@]2(C)Oc3c(C)c(O)c4c(c3C2=O)C(=O)C=C(NC(=O)/C(C)=C\C=C\[C@H](C)[C@H](O)[C@H](C)[C@H](O)[C@H](C)[C@H](OC(C)=O)[C@@H]1C)C4=O. The number of hydrogen-bond donors (Lipinski definition) is 4. The number of carbonyl (C=O) groups excluding carboxylic acids is 5. The molecule has 3 heterocycles. The highest BCUT2D eigenvalue weighted by Crippen LogP contribution is 2.47. The van der Waals surface area contributed by atoms with Crippen molar-refractivity contribution >= 4 is 29.2 Å². The van der Waals surface area contributed by atoms with E-state index in [-0.39, 0.29) is 28.0 Å². The number of phenolic OH excluding ortho intramolecular Hbond substituents is 1. The molecule has 1 aliphatic carbocycles. The predicted molar refractivity (Wildman–Crippen MR) is 179 cm³/mol. The molecule has 13 nitrogen and oxygen atoms in total. The van der Waals surface area contributed by atoms with E-state index in [9.17, 15) is 39.3 Å². The smallest absolute Gasteiger partial charge is 0.312 e. The second kappa shape index (κ2) is 14.7. The fourth-order valence-corrected chi connectivity index (χ4v) is 6.62. The molecule has 4 N–H and O–H groups in total. The van der Waals surface area contributed by atoms with Gasteiger partial charge in [0, 0.05) is 61.8 Å². The summed E-state index contributed by atoms with van der Waals surface area (Å²) in [4.78, 5) is 66.2. The summed E-state index contributed by atoms with van der Waals surface area (Å²) in [6, 6.07) is 0. The molecule has 0 spiro atoms. The Hall–Kier alpha value is -4.59. The normalized spacial score (nSPS) is 34.5. The van der Waals surface area contributed by atoms with E-state index in [1.807, 2.05) is 0 Å². The lowest BCUT2D eigenvalue weighted by Gasteiger charge is -2.38. The summed E-state index contributed by atoms with van der Waals surface area (Å²) in [5, 5.41) is 36.1. The first-order valence-corrected chi connectivity index (χ1v) is 16.4. The molecule has 0 fully saturated rings. The number of amides is 1. The van der Waals surface area contributed by atoms with Crippen LogP contribution in [-0.4, -0.2) is 81.9 Å². The van der Waals surface area contributed by atoms with Crippen LogP contribution < -0.4 is 10.1 Å². The van der Waals surface area contributed by atoms with Crippen molar-refractivity contribution in [2.24, 2.45) is 23.7 Å². The number of benzene rings is 1. The first kappa shape index (κ1) is 38.2. The molecule has 9 atom stereocenters. The first-order chi connectivity index (χ1) is 23.4. The maximum atomic E-state index is 13.9. The van der Waals surface area contributed by atoms with Crippen molar-refractivity contribution in [2.45, 2.75) is 85.6 Å². The van der Waals surface area contributed by atoms with Gasteiger partial charge < -0.3 is 39.6 Å². The molecule has 1 amide bonds. The van der Waals surface area contributed by atoms with Crippen LogP contribution >= 0.6 is 0 Å². The number of rotatable bonds is 2. The number of ether oxygens (including phenoxy) is 4. The Kier molecular flexibility index (Phi) is 11.2. The lowest BCUT2D eigenvalue weighted by atomic mass is 9.78. The molecule has 0 radical (unpaired) electrons. The molecule has 270 valence electrons. The lowest BCUT2D eigenvalue weighted by molar-refractivity contribution is -0.160. The van der Waals surface area contributed by atoms with Crippen molar-refractivity contribution in [3.63, 3.8) is 0 Å². The summed E-state index contributed by atoms with van der Waals surface area (Å²) in [5.41, 5.74) is -1.31. The Morgan fingerprint density at radius 1 is 0.940 bits per heavy atom. The molecular formula is C37H45NO12. The summed E-state index contributed by atoms with van der Waals surface area (Å²) < 4.78 is 23.1. The molecular weight excluding hydrogens is 650 g/mol. The number of aromatic hydroxyl groups is 1. The van der Waals surface area contributed by atoms with E-state index in [2.05, 4.69) is 5.32 Å². The van der Waals surface area contributed by atoms with Crippen LogP contribution in [0.5, 0.6) is 11.5 Å². The van der Waals surface area contributed by atoms with Crippen molar-refractivity contribution < 1.29 is 58.2 Å². The topological polar surface area (TPSA) is 195 Å². The van der Waals surface area contributed by atoms with E-state index in [1.54, 1.807) is 39.8 Å². The van der Waals surface area contributed by atoms with Crippen LogP contribution in [0.15, 0.2) is 47.9 Å². The van der Waals surface area contributed by atoms with E-state index in [1.165, 1.54) is 47.0 Å². The second-order valence-electron chi connectivity index (χ2n) is 13.4. The van der Waals surface area contributed by atoms with E-state index in [0.29, 0.717) is 0 Å². The molecule has 0 saturated carbocycles. The standard InChI is InChI=1S/C37H45NO12/c1-16-11-10-12-17(2)36(46)38-23-15-24(40)26-27(32(23)44)31(43)21(6)34-28(26)35(45)37(8,50-34)48-14-13-25(47-9)18(3)33(49-22(7)39)20(5)30(42)19(4)29(16)41/h10-16,18-20,25,29-30,33,41-43H,1-9H3,(H,38,46)/b11-10+,14-13+,17-12-/t16-,18+,19-,20-,25+,29-,30-,33+,37-/m0/s1. The van der Waals surface area contributed by atoms with Gasteiger partial charge in [-0.1, -0.05) is 45.9 Å². The van der Waals surface area contributed by atoms with Gasteiger partial charge in [0.2, 0.25) is 5.78 Å². The van der Waals surface area contributed by atoms with E-state index >= 15 is 0 Å². The third kappa shape index (κ3) is 7.03. The Bertz CT molecular complexity index is 1720. The zero-order chi connectivity index (χ0) is 37.4. The number of allylic oxidation sites excluding steroid dienone is 4. The van der Waals surface area contributed by atoms with Gasteiger partial charge >= 0.3 is 11.8 Å². The van der Waals surface area contributed by atoms with Gasteiger partial charge in [0.25, 0.3) is 11.7 Å². The van der Waals surface area contributed by atoms with Gasteiger partial charge in [-0.15, -0.1) is 0 Å². The van der Waals surface area contributed by atoms with Crippen LogP contribution in [0.25, 0.3) is 0 Å². The highest BCUT2D eigenvalue weighted by molar-refractivity contribution is 6.30. The minimum Gasteiger partial charge on any atom is -0.507 e. The second-order valence-corrected chi connectivity index (χ2v) is 13.4. The summed E-state index contributed by atoms with van der Waals surface area (Å²) >= 11 is 0. The lowest BCUT2D eigenvalue weighted by Crippen LogP contribution is -2.46. The van der Waals surface area contributed by atoms with Crippen LogP contribution in [0.4, 0.5) is 0 Å². The number of carbonyl (C=O) groups is 5. The molecule has 50 heavy (non-hydrogen) atoms. The summed E-state index contributed by atoms with van der Waals surface area (Å²) in [7, 11) is 1.42. The number of aliphatic hydroxyl groups excluding tert-OH is 2. The van der Waals surface area contributed by atoms with E-state index < -0.39 is 100 Å². The number of ketones is 3. The van der Waals surface area contributed by atoms with Crippen molar-refractivity contribution in [1.29, 1.82) is 0 Å². The Balaban J connectivity index is 1.83. The number of fused-ring (bicyclic) bond motifs is 14. The number of methoxy groups -OCH3 is 1. The molecule has 0 aromatic heterocycles. The summed E-state index contributed by atoms with van der Waals surface area (Å²) in [6.45, 7) is 12.3. The van der Waals surface area contributed by atoms with Gasteiger partial charge in [-0.05, 0) is 19.9 Å². The van der Waals surface area contributed by atoms with Gasteiger partial charge in [-0.2, -0.15) is 0 Å². The summed E-state index contributed by atoms with van der Waals surface area (Å²) in [6.07, 6.45) is 4.31. The molecule has 0 saturated heterocycles. The Labute approximate surface area is 290 Å². The van der Waals surface area contributed by atoms with E-state index in [0.717, 1.165) is 12.3 Å². The first-order valence-electron chi connectivity index (χ1n) is 16.4. The Morgan fingerprint density at radius 2 is 1.60 bits per heavy atom. The van der Waals surface area contributed by atoms with Crippen molar-refractivity contribution in [2.75, 3.05) is 7.11 Å². The number of esters is 1. The van der Waals surface area contributed by atoms with Gasteiger partial charge in [-0.25, -0.2) is 0 Å². The zero-order valence-corrected chi connectivity index (χ0v) is 29.6. The van der Waals surface area contributed by atoms with Gasteiger partial charge in [0.05, 0.1) is 47.0 Å². The third-order valence-corrected chi connectivity index (χ3v) is 9.80. The number of aliphatic hydroxyl groups is 2. The van der Waals surface area contributed by atoms with Gasteiger partial charge in [-0.3, -0.25) is 24.0 Å². The van der Waals surface area contributed by atoms with Crippen LogP contribution in [0.3, 0.4) is 0 Å². The van der Waals surface area contributed by atoms with E-state index in [4.69, 9.17) is 18.9 Å². The monoisotopic (exact) mass is 695 g/mol. The van der Waals surface area contributed by atoms with Crippen molar-refractivity contribution in [3.8, 4) is 11.5 Å². The molecule has 4 aliphatic rings. The average Bonchev–Trinajstić information content (AvgIpc) is 3.33. The van der Waals surface area contributed by atoms with Gasteiger partial charge in [0.15, 0.2) is 5.78 Å². The molecule has 5 rings (SSSR count). The maximum Gasteiger partial charge on any atom is 0.312 e. The third-order valence-electron chi connectivity index (χ3n) is 9.80. The Morgan fingerprint density at radius 3 is 2.22 bits per heavy atom. The minimum atomic E-state index is -2.03. The van der Waals surface area contributed by atoms with Gasteiger partial charge in [0.1, 0.15) is 17.6 Å². The highest BCUT2D eigenvalue weighted by atomic mass is 16.7. The van der Waals surface area contributed by atoms with Crippen molar-refractivity contribution in [1.82, 2.24) is 5.32 Å². The number of Topliss-reactive ketones (excluding diaryl/α,β-unsaturated/α-hetero) is 2. The zero-order valence-electron chi connectivity index (χ0n) is 29.6. The quantitative estimate of drug-likeness (QED) is 0.329. The number of hydrogen-bond acceptors (Lipinski definition) is 12. The molecule has 5 bridgehead atoms. The fraction of sp³-hybridized carbons (Fsp3) is 0.486. The van der Waals surface area contributed by atoms with Crippen molar-refractivity contribution in [3.05, 3.63) is 70.2 Å². The largest absolute Gasteiger partial charge is 0.507 e. The number of phenols is 1. The molecule has 1 aromatic rings. The summed E-state index contributed by atoms with van der Waals surface area (Å²) in [5.74, 6) is -8.99. The average molecular weight is 696 g/mol. The van der Waals surface area contributed by atoms with Crippen LogP contribution in [0.2, 0.25) is 0 Å². The van der Waals surface area contributed by atoms with Crippen LogP contribution in [-0.2, 0) is 23.8 Å². The number of nitrogens with one attached hydrogen (secondary N) is 1.